The molecule has 0 bridgehead atoms. The Morgan fingerprint density at radius 3 is 2.22 bits per heavy atom. The highest BCUT2D eigenvalue weighted by atomic mass is 16.7. The van der Waals surface area contributed by atoms with Crippen LogP contribution in [0.3, 0.4) is 0 Å². The van der Waals surface area contributed by atoms with Crippen LogP contribution in [-0.2, 0) is 47.5 Å². The Hall–Kier alpha value is -3.08. The number of hydrogen-bond acceptors (Lipinski definition) is 14. The summed E-state index contributed by atoms with van der Waals surface area (Å²) in [4.78, 5) is 52.0. The second kappa shape index (κ2) is 15.0. The zero-order chi connectivity index (χ0) is 41.2. The number of nitrogens with one attached hydrogen (secondary N) is 1. The molecule has 15 nitrogen and oxygen atoms in total. The third kappa shape index (κ3) is 7.45. The van der Waals surface area contributed by atoms with E-state index in [9.17, 15) is 34.5 Å². The molecule has 2 aliphatic heterocycles. The molecule has 0 aromatic heterocycles. The number of rotatable bonds is 11. The largest absolute Gasteiger partial charge is 0.465 e. The van der Waals surface area contributed by atoms with Crippen molar-refractivity contribution in [2.75, 3.05) is 13.2 Å². The first-order chi connectivity index (χ1) is 25.3. The number of esters is 3. The van der Waals surface area contributed by atoms with Gasteiger partial charge in [-0.3, -0.25) is 9.59 Å². The van der Waals surface area contributed by atoms with E-state index in [1.54, 1.807) is 27.7 Å². The molecule has 5 rings (SSSR count). The maximum atomic E-state index is 13.9. The molecule has 0 aromatic carbocycles. The molecule has 4 N–H and O–H groups in total. The van der Waals surface area contributed by atoms with Crippen molar-refractivity contribution in [3.63, 3.8) is 0 Å². The summed E-state index contributed by atoms with van der Waals surface area (Å²) < 4.78 is 42.5. The highest BCUT2D eigenvalue weighted by Crippen LogP contribution is 2.70. The summed E-state index contributed by atoms with van der Waals surface area (Å²) >= 11 is 0. The van der Waals surface area contributed by atoms with Crippen molar-refractivity contribution in [2.45, 2.75) is 162 Å². The quantitative estimate of drug-likeness (QED) is 0.135. The van der Waals surface area contributed by atoms with E-state index in [0.717, 1.165) is 0 Å². The normalized spacial score (nSPS) is 37.9. The lowest BCUT2D eigenvalue weighted by atomic mass is 9.45. The van der Waals surface area contributed by atoms with Gasteiger partial charge in [-0.2, -0.15) is 0 Å². The number of carbonyl (C=O) groups excluding carboxylic acids is 4. The van der Waals surface area contributed by atoms with Gasteiger partial charge in [-0.15, -0.1) is 0 Å². The monoisotopic (exact) mass is 779 g/mol. The molecule has 310 valence electrons. The Bertz CT molecular complexity index is 1560. The second-order valence-corrected chi connectivity index (χ2v) is 18.2. The molecule has 0 radical (unpaired) electrons. The SMILES string of the molecule is C=CC1O[C@H]2C[C@H]3OC[C@@]3(COC(C)=O)[C@H]3[C@H](O)[C@]4(C(C)(C)O)C[C@H](OC(=O)[C@H](O)C(CC(C)C)NC(=O)OC(C)(C)C)C(C)=C4[C@H](OC(C)=O)[C@H](O1)[C@]23C. The number of aliphatic hydroxyl groups excluding tert-OH is 2. The van der Waals surface area contributed by atoms with Crippen LogP contribution in [0.5, 0.6) is 0 Å². The van der Waals surface area contributed by atoms with Gasteiger partial charge < -0.3 is 53.8 Å². The highest BCUT2D eigenvalue weighted by Gasteiger charge is 2.78. The number of fused-ring (bicyclic) bond motifs is 3. The molecular weight excluding hydrogens is 718 g/mol. The molecule has 5 aliphatic rings. The van der Waals surface area contributed by atoms with Crippen LogP contribution in [-0.4, -0.2) is 119 Å². The highest BCUT2D eigenvalue weighted by molar-refractivity contribution is 5.77. The first kappa shape index (κ1) is 43.1. The third-order valence-corrected chi connectivity index (χ3v) is 12.5. The Morgan fingerprint density at radius 1 is 1.05 bits per heavy atom. The minimum absolute atomic E-state index is 0.0476. The van der Waals surface area contributed by atoms with Crippen molar-refractivity contribution >= 4 is 24.0 Å². The summed E-state index contributed by atoms with van der Waals surface area (Å²) in [6, 6.07) is -1.08. The lowest BCUT2D eigenvalue weighted by molar-refractivity contribution is -0.384. The lowest BCUT2D eigenvalue weighted by Gasteiger charge is -2.68. The van der Waals surface area contributed by atoms with Crippen molar-refractivity contribution in [1.29, 1.82) is 0 Å². The van der Waals surface area contributed by atoms with Gasteiger partial charge in [0.05, 0.1) is 47.4 Å². The zero-order valence-corrected chi connectivity index (χ0v) is 34.0. The van der Waals surface area contributed by atoms with Gasteiger partial charge in [-0.25, -0.2) is 9.59 Å². The Balaban J connectivity index is 1.65. The van der Waals surface area contributed by atoms with Crippen molar-refractivity contribution in [3.8, 4) is 0 Å². The van der Waals surface area contributed by atoms with Gasteiger partial charge in [-0.05, 0) is 71.1 Å². The molecule has 15 heteroatoms. The van der Waals surface area contributed by atoms with Crippen LogP contribution in [0.25, 0.3) is 0 Å². The molecule has 0 spiro atoms. The predicted molar refractivity (Wildman–Crippen MR) is 195 cm³/mol. The van der Waals surface area contributed by atoms with Crippen LogP contribution in [0, 0.1) is 28.1 Å². The van der Waals surface area contributed by atoms with E-state index in [-0.39, 0.29) is 32.0 Å². The number of alkyl carbamates (subject to hydrolysis) is 1. The van der Waals surface area contributed by atoms with E-state index in [2.05, 4.69) is 11.9 Å². The minimum Gasteiger partial charge on any atom is -0.465 e. The molecule has 4 fully saturated rings. The molecule has 2 saturated heterocycles. The fraction of sp³-hybridized carbons (Fsp3) is 0.800. The topological polar surface area (TPSA) is 206 Å². The van der Waals surface area contributed by atoms with Crippen LogP contribution in [0.1, 0.15) is 95.4 Å². The first-order valence-corrected chi connectivity index (χ1v) is 19.2. The van der Waals surface area contributed by atoms with E-state index >= 15 is 0 Å². The van der Waals surface area contributed by atoms with Crippen LogP contribution < -0.4 is 5.32 Å². The Labute approximate surface area is 323 Å². The summed E-state index contributed by atoms with van der Waals surface area (Å²) in [7, 11) is 0. The number of amides is 1. The molecular formula is C40H61NO14. The number of ether oxygens (including phenoxy) is 7. The van der Waals surface area contributed by atoms with Gasteiger partial charge in [0.2, 0.25) is 0 Å². The summed E-state index contributed by atoms with van der Waals surface area (Å²) in [5.41, 5.74) is -5.71. The smallest absolute Gasteiger partial charge is 0.407 e. The zero-order valence-electron chi connectivity index (χ0n) is 34.0. The van der Waals surface area contributed by atoms with Crippen molar-refractivity contribution in [2.24, 2.45) is 28.1 Å². The molecule has 55 heavy (non-hydrogen) atoms. The van der Waals surface area contributed by atoms with Crippen LogP contribution in [0.15, 0.2) is 23.8 Å². The molecule has 13 atom stereocenters. The standard InChI is InChI=1S/C40H61NO14/c1-13-27-53-25-15-26-39(18-50-26,17-49-21(5)42)31-32(45)40(37(10,11)48)16-24(20(4)28(40)30(51-22(6)43)33(54-27)38(25,31)12)52-34(46)29(44)23(14-19(2)3)41-35(47)55-36(7,8)9/h13,19,23-27,29-33,44-45,48H,1,14-18H2,2-12H3,(H,41,47)/t23?,24-,25-,26+,27?,29+,30-,31-,32-,33-,38+,39+,40-/m0/s1. The van der Waals surface area contributed by atoms with E-state index in [0.29, 0.717) is 17.6 Å². The molecule has 2 unspecified atom stereocenters. The summed E-state index contributed by atoms with van der Waals surface area (Å²) in [5.74, 6) is -3.15. The van der Waals surface area contributed by atoms with Crippen LogP contribution in [0.2, 0.25) is 0 Å². The molecule has 2 saturated carbocycles. The van der Waals surface area contributed by atoms with Crippen molar-refractivity contribution < 1.29 is 67.7 Å². The summed E-state index contributed by atoms with van der Waals surface area (Å²) in [6.07, 6.45) is -7.74. The van der Waals surface area contributed by atoms with Crippen molar-refractivity contribution in [1.82, 2.24) is 5.32 Å². The minimum atomic E-state index is -1.82. The fourth-order valence-corrected chi connectivity index (χ4v) is 10.2. The van der Waals surface area contributed by atoms with Gasteiger partial charge >= 0.3 is 24.0 Å². The van der Waals surface area contributed by atoms with Gasteiger partial charge in [-0.1, -0.05) is 27.4 Å². The molecule has 3 aliphatic carbocycles. The number of carbonyl (C=O) groups is 4. The van der Waals surface area contributed by atoms with E-state index in [1.807, 2.05) is 20.8 Å². The van der Waals surface area contributed by atoms with Crippen molar-refractivity contribution in [3.05, 3.63) is 23.8 Å². The maximum Gasteiger partial charge on any atom is 0.407 e. The van der Waals surface area contributed by atoms with E-state index < -0.39 is 112 Å². The van der Waals surface area contributed by atoms with Gasteiger partial charge in [0.1, 0.15) is 24.4 Å². The predicted octanol–water partition coefficient (Wildman–Crippen LogP) is 3.25. The average molecular weight is 780 g/mol. The second-order valence-electron chi connectivity index (χ2n) is 18.2. The molecule has 1 amide bonds. The Kier molecular flexibility index (Phi) is 11.8. The van der Waals surface area contributed by atoms with Crippen LogP contribution >= 0.6 is 0 Å². The molecule has 2 heterocycles. The Morgan fingerprint density at radius 2 is 1.71 bits per heavy atom. The van der Waals surface area contributed by atoms with E-state index in [4.69, 9.17) is 33.2 Å². The number of hydrogen-bond donors (Lipinski definition) is 4. The van der Waals surface area contributed by atoms with Gasteiger partial charge in [0, 0.05) is 38.0 Å². The first-order valence-electron chi connectivity index (χ1n) is 19.2. The lowest BCUT2D eigenvalue weighted by Crippen LogP contribution is -2.76. The van der Waals surface area contributed by atoms with Gasteiger partial charge in [0.15, 0.2) is 18.5 Å². The molecule has 0 aromatic rings. The van der Waals surface area contributed by atoms with E-state index in [1.165, 1.54) is 33.8 Å². The number of aliphatic hydroxyl groups is 3. The maximum absolute atomic E-state index is 13.9. The fourth-order valence-electron chi connectivity index (χ4n) is 10.2. The summed E-state index contributed by atoms with van der Waals surface area (Å²) in [5, 5.41) is 39.7. The van der Waals surface area contributed by atoms with Crippen LogP contribution in [0.4, 0.5) is 4.79 Å². The average Bonchev–Trinajstić information content (AvgIpc) is 3.30. The van der Waals surface area contributed by atoms with Gasteiger partial charge in [0.25, 0.3) is 0 Å². The summed E-state index contributed by atoms with van der Waals surface area (Å²) in [6.45, 7) is 21.9. The third-order valence-electron chi connectivity index (χ3n) is 12.5.